The zero-order valence-electron chi connectivity index (χ0n) is 11.9. The van der Waals surface area contributed by atoms with Gasteiger partial charge in [0, 0.05) is 21.1 Å². The van der Waals surface area contributed by atoms with E-state index in [0.717, 1.165) is 15.6 Å². The predicted molar refractivity (Wildman–Crippen MR) is 93.5 cm³/mol. The van der Waals surface area contributed by atoms with Gasteiger partial charge in [-0.05, 0) is 46.7 Å². The number of benzene rings is 1. The molecule has 1 aromatic carbocycles. The summed E-state index contributed by atoms with van der Waals surface area (Å²) in [7, 11) is 0. The van der Waals surface area contributed by atoms with Gasteiger partial charge in [0.2, 0.25) is 5.89 Å². The van der Waals surface area contributed by atoms with E-state index in [0.29, 0.717) is 23.2 Å². The number of nitrogens with zero attached hydrogens (tertiary/aromatic N) is 4. The van der Waals surface area contributed by atoms with Crippen molar-refractivity contribution < 1.29 is 4.52 Å². The molecule has 0 saturated heterocycles. The van der Waals surface area contributed by atoms with E-state index in [4.69, 9.17) is 16.1 Å². The highest BCUT2D eigenvalue weighted by molar-refractivity contribution is 14.1. The Bertz CT molecular complexity index is 860. The summed E-state index contributed by atoms with van der Waals surface area (Å²) >= 11 is 7.90. The van der Waals surface area contributed by atoms with E-state index in [9.17, 15) is 4.79 Å². The van der Waals surface area contributed by atoms with E-state index in [1.807, 2.05) is 46.9 Å². The van der Waals surface area contributed by atoms with E-state index in [1.165, 1.54) is 10.7 Å². The van der Waals surface area contributed by atoms with Gasteiger partial charge < -0.3 is 4.52 Å². The zero-order chi connectivity index (χ0) is 16.2. The molecule has 8 heteroatoms. The fourth-order valence-corrected chi connectivity index (χ4v) is 2.54. The Hall–Kier alpha value is -1.74. The monoisotopic (exact) mass is 442 g/mol. The third-order valence-electron chi connectivity index (χ3n) is 3.18. The van der Waals surface area contributed by atoms with Gasteiger partial charge in [-0.15, -0.1) is 0 Å². The molecular formula is C15H12ClIN4O2. The molecule has 3 aromatic rings. The van der Waals surface area contributed by atoms with E-state index >= 15 is 0 Å². The molecule has 6 nitrogen and oxygen atoms in total. The van der Waals surface area contributed by atoms with Crippen LogP contribution in [0.1, 0.15) is 17.3 Å². The summed E-state index contributed by atoms with van der Waals surface area (Å²) in [6.07, 6.45) is 3.05. The third kappa shape index (κ3) is 4.38. The Morgan fingerprint density at radius 2 is 2.00 bits per heavy atom. The van der Waals surface area contributed by atoms with Crippen LogP contribution in [-0.2, 0) is 19.4 Å². The molecule has 0 bridgehead atoms. The molecule has 0 fully saturated rings. The molecule has 0 aliphatic rings. The molecule has 2 aromatic heterocycles. The minimum absolute atomic E-state index is 0.170. The fraction of sp³-hybridized carbons (Fsp3) is 0.200. The summed E-state index contributed by atoms with van der Waals surface area (Å²) in [6, 6.07) is 9.16. The molecule has 0 saturated carbocycles. The zero-order valence-corrected chi connectivity index (χ0v) is 14.9. The second kappa shape index (κ2) is 7.22. The van der Waals surface area contributed by atoms with Crippen molar-refractivity contribution in [1.82, 2.24) is 19.9 Å². The first-order valence-electron chi connectivity index (χ1n) is 6.89. The van der Waals surface area contributed by atoms with Crippen LogP contribution in [0.3, 0.4) is 0 Å². The molecule has 0 aliphatic heterocycles. The first-order valence-corrected chi connectivity index (χ1v) is 8.34. The molecule has 0 atom stereocenters. The third-order valence-corrected chi connectivity index (χ3v) is 4.02. The number of halogens is 2. The molecule has 0 unspecified atom stereocenters. The number of hydrogen-bond donors (Lipinski definition) is 0. The summed E-state index contributed by atoms with van der Waals surface area (Å²) in [6.45, 7) is 0.170. The molecule has 2 heterocycles. The summed E-state index contributed by atoms with van der Waals surface area (Å²) in [5.74, 6) is 0.973. The first-order chi connectivity index (χ1) is 11.1. The highest BCUT2D eigenvalue weighted by atomic mass is 127. The maximum absolute atomic E-state index is 11.8. The summed E-state index contributed by atoms with van der Waals surface area (Å²) in [5.41, 5.74) is 0.953. The second-order valence-electron chi connectivity index (χ2n) is 4.90. The predicted octanol–water partition coefficient (Wildman–Crippen LogP) is 2.72. The number of rotatable bonds is 5. The lowest BCUT2D eigenvalue weighted by atomic mass is 10.1. The van der Waals surface area contributed by atoms with Crippen molar-refractivity contribution >= 4 is 34.2 Å². The lowest BCUT2D eigenvalue weighted by Gasteiger charge is -1.99. The normalized spacial score (nSPS) is 10.9. The van der Waals surface area contributed by atoms with E-state index < -0.39 is 0 Å². The highest BCUT2D eigenvalue weighted by Gasteiger charge is 2.09. The Morgan fingerprint density at radius 1 is 1.22 bits per heavy atom. The van der Waals surface area contributed by atoms with Crippen LogP contribution in [0.25, 0.3) is 0 Å². The van der Waals surface area contributed by atoms with Crippen molar-refractivity contribution in [3.05, 3.63) is 72.8 Å². The van der Waals surface area contributed by atoms with E-state index in [1.54, 1.807) is 6.20 Å². The van der Waals surface area contributed by atoms with Crippen LogP contribution in [0.15, 0.2) is 45.8 Å². The Morgan fingerprint density at radius 3 is 2.74 bits per heavy atom. The molecule has 23 heavy (non-hydrogen) atoms. The average molecular weight is 443 g/mol. The highest BCUT2D eigenvalue weighted by Crippen LogP contribution is 2.11. The maximum atomic E-state index is 11.8. The van der Waals surface area contributed by atoms with Crippen LogP contribution in [-0.4, -0.2) is 19.9 Å². The largest absolute Gasteiger partial charge is 0.337 e. The number of aromatic nitrogens is 4. The van der Waals surface area contributed by atoms with Gasteiger partial charge in [-0.2, -0.15) is 10.1 Å². The van der Waals surface area contributed by atoms with Crippen LogP contribution in [0.2, 0.25) is 5.02 Å². The van der Waals surface area contributed by atoms with Crippen molar-refractivity contribution in [1.29, 1.82) is 0 Å². The van der Waals surface area contributed by atoms with Crippen molar-refractivity contribution in [3.63, 3.8) is 0 Å². The second-order valence-corrected chi connectivity index (χ2v) is 6.58. The van der Waals surface area contributed by atoms with Gasteiger partial charge >= 0.3 is 0 Å². The van der Waals surface area contributed by atoms with Crippen LogP contribution >= 0.6 is 34.2 Å². The van der Waals surface area contributed by atoms with Crippen LogP contribution in [0.4, 0.5) is 0 Å². The van der Waals surface area contributed by atoms with Crippen LogP contribution < -0.4 is 5.56 Å². The van der Waals surface area contributed by atoms with Gasteiger partial charge in [-0.1, -0.05) is 28.9 Å². The lowest BCUT2D eigenvalue weighted by molar-refractivity contribution is 0.358. The van der Waals surface area contributed by atoms with E-state index in [2.05, 4.69) is 15.2 Å². The van der Waals surface area contributed by atoms with Gasteiger partial charge in [-0.3, -0.25) is 4.79 Å². The van der Waals surface area contributed by atoms with Gasteiger partial charge in [-0.25, -0.2) is 4.68 Å². The smallest absolute Gasteiger partial charge is 0.268 e. The minimum atomic E-state index is -0.196. The fourth-order valence-electron chi connectivity index (χ4n) is 2.02. The van der Waals surface area contributed by atoms with Crippen molar-refractivity contribution in [2.75, 3.05) is 0 Å². The van der Waals surface area contributed by atoms with Crippen LogP contribution in [0, 0.1) is 3.57 Å². The first kappa shape index (κ1) is 16.1. The summed E-state index contributed by atoms with van der Waals surface area (Å²) in [5, 5.41) is 8.69. The molecule has 0 radical (unpaired) electrons. The number of aryl methyl sites for hydroxylation is 2. The van der Waals surface area contributed by atoms with Gasteiger partial charge in [0.1, 0.15) is 6.54 Å². The van der Waals surface area contributed by atoms with Gasteiger partial charge in [0.05, 0.1) is 6.20 Å². The molecule has 118 valence electrons. The molecule has 0 aliphatic carbocycles. The molecular weight excluding hydrogens is 431 g/mol. The Labute approximate surface area is 150 Å². The standard InChI is InChI=1S/C15H12ClIN4O2/c16-11-4-1-10(2-5-11)3-6-13-19-14(23-20-13)9-21-15(22)7-12(17)8-18-21/h1-2,4-5,7-8H,3,6,9H2. The maximum Gasteiger partial charge on any atom is 0.268 e. The minimum Gasteiger partial charge on any atom is -0.337 e. The summed E-state index contributed by atoms with van der Waals surface area (Å²) in [4.78, 5) is 16.1. The van der Waals surface area contributed by atoms with Crippen LogP contribution in [0.5, 0.6) is 0 Å². The van der Waals surface area contributed by atoms with Crippen molar-refractivity contribution in [2.45, 2.75) is 19.4 Å². The van der Waals surface area contributed by atoms with Crippen molar-refractivity contribution in [2.24, 2.45) is 0 Å². The lowest BCUT2D eigenvalue weighted by Crippen LogP contribution is -2.22. The van der Waals surface area contributed by atoms with Crippen molar-refractivity contribution in [3.8, 4) is 0 Å². The SMILES string of the molecule is O=c1cc(I)cnn1Cc1nc(CCc2ccc(Cl)cc2)no1. The average Bonchev–Trinajstić information content (AvgIpc) is 2.97. The number of hydrogen-bond acceptors (Lipinski definition) is 5. The quantitative estimate of drug-likeness (QED) is 0.568. The van der Waals surface area contributed by atoms with E-state index in [-0.39, 0.29) is 12.1 Å². The molecule has 0 amide bonds. The summed E-state index contributed by atoms with van der Waals surface area (Å²) < 4.78 is 7.26. The molecule has 0 spiro atoms. The van der Waals surface area contributed by atoms with Gasteiger partial charge in [0.25, 0.3) is 5.56 Å². The Kier molecular flexibility index (Phi) is 5.06. The van der Waals surface area contributed by atoms with Gasteiger partial charge in [0.15, 0.2) is 5.82 Å². The molecule has 0 N–H and O–H groups in total. The Balaban J connectivity index is 1.63. The molecule has 3 rings (SSSR count). The topological polar surface area (TPSA) is 73.8 Å².